The van der Waals surface area contributed by atoms with E-state index in [4.69, 9.17) is 0 Å². The number of fused-ring (bicyclic) bond motifs is 1. The normalized spacial score (nSPS) is 32.2. The van der Waals surface area contributed by atoms with Crippen LogP contribution in [0.2, 0.25) is 0 Å². The first-order valence-electron chi connectivity index (χ1n) is 7.59. The number of rotatable bonds is 3. The summed E-state index contributed by atoms with van der Waals surface area (Å²) in [6, 6.07) is 1.30. The average molecular weight is 263 g/mol. The summed E-state index contributed by atoms with van der Waals surface area (Å²) in [7, 11) is 2.11. The van der Waals surface area contributed by atoms with Crippen molar-refractivity contribution in [3.8, 4) is 0 Å². The Bertz CT molecular complexity index is 416. The Hall–Kier alpha value is -0.940. The van der Waals surface area contributed by atoms with Crippen LogP contribution in [-0.2, 0) is 13.1 Å². The molecule has 0 spiro atoms. The van der Waals surface area contributed by atoms with Gasteiger partial charge in [-0.2, -0.15) is 0 Å². The lowest BCUT2D eigenvalue weighted by atomic mass is 9.80. The third-order valence-corrected chi connectivity index (χ3v) is 5.01. The Morgan fingerprint density at radius 1 is 1.37 bits per heavy atom. The van der Waals surface area contributed by atoms with Gasteiger partial charge in [-0.1, -0.05) is 13.3 Å². The van der Waals surface area contributed by atoms with Crippen molar-refractivity contribution < 1.29 is 0 Å². The largest absolute Gasteiger partial charge is 0.315 e. The van der Waals surface area contributed by atoms with Crippen molar-refractivity contribution in [2.45, 2.75) is 57.8 Å². The Balaban J connectivity index is 1.72. The first-order valence-corrected chi connectivity index (χ1v) is 7.59. The summed E-state index contributed by atoms with van der Waals surface area (Å²) in [6.07, 6.45) is 7.19. The predicted octanol–water partition coefficient (Wildman–Crippen LogP) is 1.26. The fourth-order valence-corrected chi connectivity index (χ4v) is 3.71. The number of hydrogen-bond donors (Lipinski definition) is 1. The highest BCUT2D eigenvalue weighted by molar-refractivity contribution is 4.96. The van der Waals surface area contributed by atoms with Gasteiger partial charge in [0.1, 0.15) is 12.2 Å². The van der Waals surface area contributed by atoms with Gasteiger partial charge in [-0.15, -0.1) is 10.2 Å². The quantitative estimate of drug-likeness (QED) is 0.892. The molecule has 19 heavy (non-hydrogen) atoms. The third kappa shape index (κ3) is 2.54. The van der Waals surface area contributed by atoms with Crippen molar-refractivity contribution in [3.05, 3.63) is 12.2 Å². The molecular weight excluding hydrogens is 238 g/mol. The second-order valence-electron chi connectivity index (χ2n) is 5.96. The van der Waals surface area contributed by atoms with Crippen molar-refractivity contribution >= 4 is 0 Å². The van der Waals surface area contributed by atoms with Crippen LogP contribution in [0.5, 0.6) is 0 Å². The standard InChI is InChI=1S/C14H25N5/c1-3-11-4-5-12(15-2)13(8-11)18-6-7-19-10-16-17-14(19)9-18/h10-13,15H,3-9H2,1-2H3. The number of aromatic nitrogens is 3. The molecule has 2 aliphatic rings. The Kier molecular flexibility index (Phi) is 3.84. The second kappa shape index (κ2) is 5.59. The highest BCUT2D eigenvalue weighted by Crippen LogP contribution is 2.31. The first-order chi connectivity index (χ1) is 9.31. The number of hydrogen-bond acceptors (Lipinski definition) is 4. The van der Waals surface area contributed by atoms with E-state index < -0.39 is 0 Å². The minimum Gasteiger partial charge on any atom is -0.315 e. The van der Waals surface area contributed by atoms with Crippen LogP contribution >= 0.6 is 0 Å². The van der Waals surface area contributed by atoms with Crippen LogP contribution in [0.4, 0.5) is 0 Å². The molecule has 1 aliphatic carbocycles. The van der Waals surface area contributed by atoms with E-state index in [0.717, 1.165) is 31.4 Å². The minimum absolute atomic E-state index is 0.636. The van der Waals surface area contributed by atoms with Gasteiger partial charge in [0.05, 0.1) is 6.54 Å². The Morgan fingerprint density at radius 2 is 2.26 bits per heavy atom. The van der Waals surface area contributed by atoms with Gasteiger partial charge in [-0.05, 0) is 32.2 Å². The van der Waals surface area contributed by atoms with Gasteiger partial charge in [0.15, 0.2) is 0 Å². The molecule has 106 valence electrons. The van der Waals surface area contributed by atoms with E-state index in [1.165, 1.54) is 25.7 Å². The average Bonchev–Trinajstić information content (AvgIpc) is 2.93. The molecule has 2 heterocycles. The first kappa shape index (κ1) is 13.1. The van der Waals surface area contributed by atoms with Gasteiger partial charge < -0.3 is 9.88 Å². The Morgan fingerprint density at radius 3 is 3.05 bits per heavy atom. The van der Waals surface area contributed by atoms with Gasteiger partial charge in [0, 0.05) is 25.2 Å². The van der Waals surface area contributed by atoms with Crippen LogP contribution in [0.3, 0.4) is 0 Å². The van der Waals surface area contributed by atoms with Crippen molar-refractivity contribution in [1.82, 2.24) is 25.0 Å². The molecule has 5 heteroatoms. The predicted molar refractivity (Wildman–Crippen MR) is 74.7 cm³/mol. The molecule has 1 fully saturated rings. The molecule has 1 aliphatic heterocycles. The molecule has 0 radical (unpaired) electrons. The van der Waals surface area contributed by atoms with Crippen LogP contribution in [0, 0.1) is 5.92 Å². The van der Waals surface area contributed by atoms with Gasteiger partial charge in [0.25, 0.3) is 0 Å². The molecule has 5 nitrogen and oxygen atoms in total. The van der Waals surface area contributed by atoms with Crippen molar-refractivity contribution in [2.24, 2.45) is 5.92 Å². The molecule has 0 bridgehead atoms. The van der Waals surface area contributed by atoms with Crippen LogP contribution < -0.4 is 5.32 Å². The summed E-state index contributed by atoms with van der Waals surface area (Å²) in [6.45, 7) is 5.45. The van der Waals surface area contributed by atoms with E-state index in [1.807, 2.05) is 6.33 Å². The zero-order chi connectivity index (χ0) is 13.2. The summed E-state index contributed by atoms with van der Waals surface area (Å²) in [5.41, 5.74) is 0. The third-order valence-electron chi connectivity index (χ3n) is 5.01. The van der Waals surface area contributed by atoms with Crippen molar-refractivity contribution in [2.75, 3.05) is 13.6 Å². The van der Waals surface area contributed by atoms with Crippen LogP contribution in [0.15, 0.2) is 6.33 Å². The molecule has 1 N–H and O–H groups in total. The van der Waals surface area contributed by atoms with Gasteiger partial charge >= 0.3 is 0 Å². The smallest absolute Gasteiger partial charge is 0.147 e. The van der Waals surface area contributed by atoms with Gasteiger partial charge in [-0.25, -0.2) is 0 Å². The maximum Gasteiger partial charge on any atom is 0.147 e. The van der Waals surface area contributed by atoms with E-state index in [-0.39, 0.29) is 0 Å². The molecule has 0 saturated heterocycles. The van der Waals surface area contributed by atoms with Crippen LogP contribution in [0.25, 0.3) is 0 Å². The van der Waals surface area contributed by atoms with E-state index in [9.17, 15) is 0 Å². The van der Waals surface area contributed by atoms with E-state index in [0.29, 0.717) is 12.1 Å². The molecule has 1 aromatic rings. The SMILES string of the molecule is CCC1CCC(NC)C(N2CCn3cnnc3C2)C1. The lowest BCUT2D eigenvalue weighted by molar-refractivity contribution is 0.0741. The monoisotopic (exact) mass is 263 g/mol. The molecular formula is C14H25N5. The molecule has 1 saturated carbocycles. The summed E-state index contributed by atoms with van der Waals surface area (Å²) in [4.78, 5) is 2.62. The summed E-state index contributed by atoms with van der Waals surface area (Å²) in [5, 5.41) is 11.8. The summed E-state index contributed by atoms with van der Waals surface area (Å²) in [5.74, 6) is 2.02. The highest BCUT2D eigenvalue weighted by atomic mass is 15.3. The second-order valence-corrected chi connectivity index (χ2v) is 5.96. The van der Waals surface area contributed by atoms with Gasteiger partial charge in [-0.3, -0.25) is 4.90 Å². The highest BCUT2D eigenvalue weighted by Gasteiger charge is 2.34. The van der Waals surface area contributed by atoms with Crippen LogP contribution in [-0.4, -0.2) is 45.3 Å². The molecule has 0 aromatic carbocycles. The van der Waals surface area contributed by atoms with Gasteiger partial charge in [0.2, 0.25) is 0 Å². The molecule has 3 rings (SSSR count). The molecule has 1 aromatic heterocycles. The maximum atomic E-state index is 4.24. The van der Waals surface area contributed by atoms with Crippen molar-refractivity contribution in [3.63, 3.8) is 0 Å². The van der Waals surface area contributed by atoms with E-state index >= 15 is 0 Å². The molecule has 0 amide bonds. The lowest BCUT2D eigenvalue weighted by Crippen LogP contribution is -2.54. The summed E-state index contributed by atoms with van der Waals surface area (Å²) >= 11 is 0. The zero-order valence-electron chi connectivity index (χ0n) is 12.0. The number of nitrogens with zero attached hydrogens (tertiary/aromatic N) is 4. The lowest BCUT2D eigenvalue weighted by Gasteiger charge is -2.43. The summed E-state index contributed by atoms with van der Waals surface area (Å²) < 4.78 is 2.19. The van der Waals surface area contributed by atoms with Crippen LogP contribution in [0.1, 0.15) is 38.4 Å². The van der Waals surface area contributed by atoms with Crippen molar-refractivity contribution in [1.29, 1.82) is 0 Å². The topological polar surface area (TPSA) is 46.0 Å². The fourth-order valence-electron chi connectivity index (χ4n) is 3.71. The number of nitrogens with one attached hydrogen (secondary N) is 1. The van der Waals surface area contributed by atoms with E-state index in [2.05, 4.69) is 39.0 Å². The zero-order valence-corrected chi connectivity index (χ0v) is 12.0. The Labute approximate surface area is 115 Å². The minimum atomic E-state index is 0.636. The molecule has 3 atom stereocenters. The fraction of sp³-hybridized carbons (Fsp3) is 0.857. The molecule has 3 unspecified atom stereocenters. The van der Waals surface area contributed by atoms with E-state index in [1.54, 1.807) is 0 Å². The maximum absolute atomic E-state index is 4.24. The number of likely N-dealkylation sites (N-methyl/N-ethyl adjacent to an activating group) is 1.